The molecule has 2 N–H and O–H groups in total. The molecule has 0 aliphatic heterocycles. The number of phenols is 1. The van der Waals surface area contributed by atoms with Crippen molar-refractivity contribution < 1.29 is 14.6 Å². The van der Waals surface area contributed by atoms with Crippen LogP contribution >= 0.6 is 0 Å². The molecule has 0 saturated carbocycles. The number of rotatable bonds is 7. The summed E-state index contributed by atoms with van der Waals surface area (Å²) < 4.78 is 11.8. The van der Waals surface area contributed by atoms with Gasteiger partial charge in [-0.25, -0.2) is 0 Å². The fraction of sp³-hybridized carbons (Fsp3) is 0.133. The number of fused-ring (bicyclic) bond motifs is 3. The van der Waals surface area contributed by atoms with Gasteiger partial charge in [0.1, 0.15) is 5.75 Å². The summed E-state index contributed by atoms with van der Waals surface area (Å²) in [4.78, 5) is 4.17. The summed E-state index contributed by atoms with van der Waals surface area (Å²) in [6.07, 6.45) is 5.19. The van der Waals surface area contributed by atoms with Crippen LogP contribution in [0, 0.1) is 0 Å². The van der Waals surface area contributed by atoms with Gasteiger partial charge in [-0.1, -0.05) is 42.5 Å². The van der Waals surface area contributed by atoms with Crippen molar-refractivity contribution in [3.05, 3.63) is 102 Å². The number of aromatic nitrogens is 3. The van der Waals surface area contributed by atoms with E-state index in [0.717, 1.165) is 57.8 Å². The lowest BCUT2D eigenvalue weighted by atomic mass is 10.0. The molecule has 0 fully saturated rings. The van der Waals surface area contributed by atoms with Crippen LogP contribution in [-0.4, -0.2) is 34.0 Å². The molecule has 0 spiro atoms. The highest BCUT2D eigenvalue weighted by Gasteiger charge is 2.27. The molecule has 0 amide bonds. The van der Waals surface area contributed by atoms with E-state index in [1.807, 2.05) is 30.5 Å². The first-order valence-electron chi connectivity index (χ1n) is 11.9. The monoisotopic (exact) mass is 475 g/mol. The summed E-state index contributed by atoms with van der Waals surface area (Å²) in [7, 11) is 1.67. The molecular formula is C30H25N3O3. The average molecular weight is 476 g/mol. The molecule has 5 aromatic rings. The van der Waals surface area contributed by atoms with Gasteiger partial charge in [-0.2, -0.15) is 5.10 Å². The zero-order chi connectivity index (χ0) is 24.5. The van der Waals surface area contributed by atoms with Gasteiger partial charge < -0.3 is 14.6 Å². The molecule has 36 heavy (non-hydrogen) atoms. The number of hydrogen-bond acceptors (Lipinski definition) is 5. The molecule has 0 atom stereocenters. The van der Waals surface area contributed by atoms with E-state index in [1.54, 1.807) is 25.4 Å². The third-order valence-electron chi connectivity index (χ3n) is 6.62. The first-order valence-corrected chi connectivity index (χ1v) is 11.9. The van der Waals surface area contributed by atoms with Gasteiger partial charge in [-0.15, -0.1) is 0 Å². The van der Waals surface area contributed by atoms with Gasteiger partial charge in [0.15, 0.2) is 11.5 Å². The molecule has 6 nitrogen and oxygen atoms in total. The zero-order valence-corrected chi connectivity index (χ0v) is 19.9. The smallest absolute Gasteiger partial charge is 0.161 e. The number of aromatic hydroxyl groups is 1. The van der Waals surface area contributed by atoms with Crippen LogP contribution in [0.2, 0.25) is 0 Å². The molecule has 3 aromatic carbocycles. The Morgan fingerprint density at radius 2 is 1.67 bits per heavy atom. The Morgan fingerprint density at radius 1 is 0.917 bits per heavy atom. The van der Waals surface area contributed by atoms with E-state index in [2.05, 4.69) is 51.6 Å². The highest BCUT2D eigenvalue weighted by molar-refractivity contribution is 5.83. The van der Waals surface area contributed by atoms with Crippen molar-refractivity contribution in [1.29, 1.82) is 0 Å². The van der Waals surface area contributed by atoms with Crippen LogP contribution in [0.5, 0.6) is 17.2 Å². The summed E-state index contributed by atoms with van der Waals surface area (Å²) in [6.45, 7) is 0.548. The molecule has 0 unspecified atom stereocenters. The Bertz CT molecular complexity index is 1510. The van der Waals surface area contributed by atoms with Gasteiger partial charge in [0.05, 0.1) is 25.1 Å². The summed E-state index contributed by atoms with van der Waals surface area (Å²) in [5.74, 6) is 1.72. The van der Waals surface area contributed by atoms with Gasteiger partial charge in [-0.05, 0) is 52.6 Å². The number of H-pyrrole nitrogens is 1. The molecule has 178 valence electrons. The predicted molar refractivity (Wildman–Crippen MR) is 139 cm³/mol. The Morgan fingerprint density at radius 3 is 2.39 bits per heavy atom. The van der Waals surface area contributed by atoms with Crippen LogP contribution in [0.1, 0.15) is 16.7 Å². The highest BCUT2D eigenvalue weighted by Crippen LogP contribution is 2.45. The number of methoxy groups -OCH3 is 1. The quantitative estimate of drug-likeness (QED) is 0.294. The molecule has 0 bridgehead atoms. The Hall–Kier alpha value is -4.58. The van der Waals surface area contributed by atoms with Crippen molar-refractivity contribution >= 4 is 0 Å². The number of phenolic OH excluding ortho intramolecular Hbond substituents is 1. The predicted octanol–water partition coefficient (Wildman–Crippen LogP) is 6.05. The lowest BCUT2D eigenvalue weighted by Gasteiger charge is -2.13. The standard InChI is InChI=1S/C30H25N3O3/c1-35-27-17-25-23(16-28(27)36-14-12-19-3-2-13-31-18-19)15-26-29(32-33-30(25)26)22-6-4-20(5-7-22)21-8-10-24(34)11-9-21/h2-11,13,16-18,34H,12,14-15H2,1H3,(H,32,33). The molecule has 2 aromatic heterocycles. The number of nitrogens with one attached hydrogen (secondary N) is 1. The molecule has 6 rings (SSSR count). The van der Waals surface area contributed by atoms with Crippen molar-refractivity contribution in [2.24, 2.45) is 0 Å². The van der Waals surface area contributed by atoms with E-state index in [9.17, 15) is 5.11 Å². The van der Waals surface area contributed by atoms with E-state index in [0.29, 0.717) is 12.4 Å². The fourth-order valence-electron chi connectivity index (χ4n) is 4.74. The summed E-state index contributed by atoms with van der Waals surface area (Å²) in [5.41, 5.74) is 9.80. The molecule has 2 heterocycles. The first kappa shape index (κ1) is 21.9. The lowest BCUT2D eigenvalue weighted by molar-refractivity contribution is 0.297. The van der Waals surface area contributed by atoms with Gasteiger partial charge in [0.25, 0.3) is 0 Å². The first-order chi connectivity index (χ1) is 17.7. The normalized spacial score (nSPS) is 11.7. The number of aromatic amines is 1. The van der Waals surface area contributed by atoms with Crippen molar-refractivity contribution in [3.8, 4) is 50.9 Å². The fourth-order valence-corrected chi connectivity index (χ4v) is 4.74. The third-order valence-corrected chi connectivity index (χ3v) is 6.62. The molecule has 1 aliphatic rings. The minimum atomic E-state index is 0.265. The zero-order valence-electron chi connectivity index (χ0n) is 19.9. The van der Waals surface area contributed by atoms with E-state index in [1.165, 1.54) is 11.1 Å². The second-order valence-corrected chi connectivity index (χ2v) is 8.85. The Balaban J connectivity index is 1.23. The van der Waals surface area contributed by atoms with Crippen molar-refractivity contribution in [2.45, 2.75) is 12.8 Å². The number of benzene rings is 3. The summed E-state index contributed by atoms with van der Waals surface area (Å²) in [6, 6.07) is 23.7. The van der Waals surface area contributed by atoms with Crippen molar-refractivity contribution in [3.63, 3.8) is 0 Å². The molecular weight excluding hydrogens is 450 g/mol. The van der Waals surface area contributed by atoms with Crippen LogP contribution in [-0.2, 0) is 12.8 Å². The number of ether oxygens (including phenoxy) is 2. The van der Waals surface area contributed by atoms with Crippen molar-refractivity contribution in [2.75, 3.05) is 13.7 Å². The maximum atomic E-state index is 9.55. The molecule has 1 aliphatic carbocycles. The van der Waals surface area contributed by atoms with Gasteiger partial charge in [-0.3, -0.25) is 10.1 Å². The van der Waals surface area contributed by atoms with Crippen LogP contribution in [0.25, 0.3) is 33.6 Å². The summed E-state index contributed by atoms with van der Waals surface area (Å²) in [5, 5.41) is 17.4. The van der Waals surface area contributed by atoms with Crippen LogP contribution in [0.3, 0.4) is 0 Å². The van der Waals surface area contributed by atoms with Crippen LogP contribution in [0.4, 0.5) is 0 Å². The minimum Gasteiger partial charge on any atom is -0.508 e. The maximum Gasteiger partial charge on any atom is 0.161 e. The largest absolute Gasteiger partial charge is 0.508 e. The van der Waals surface area contributed by atoms with E-state index in [4.69, 9.17) is 9.47 Å². The van der Waals surface area contributed by atoms with Crippen LogP contribution in [0.15, 0.2) is 85.2 Å². The number of nitrogens with zero attached hydrogens (tertiary/aromatic N) is 2. The lowest BCUT2D eigenvalue weighted by Crippen LogP contribution is -2.03. The van der Waals surface area contributed by atoms with Gasteiger partial charge >= 0.3 is 0 Å². The highest BCUT2D eigenvalue weighted by atomic mass is 16.5. The Labute approximate surface area is 209 Å². The van der Waals surface area contributed by atoms with Crippen LogP contribution < -0.4 is 9.47 Å². The average Bonchev–Trinajstić information content (AvgIpc) is 3.48. The topological polar surface area (TPSA) is 80.3 Å². The van der Waals surface area contributed by atoms with E-state index in [-0.39, 0.29) is 5.75 Å². The van der Waals surface area contributed by atoms with Crippen molar-refractivity contribution in [1.82, 2.24) is 15.2 Å². The molecule has 0 radical (unpaired) electrons. The second kappa shape index (κ2) is 9.23. The molecule has 0 saturated heterocycles. The van der Waals surface area contributed by atoms with E-state index >= 15 is 0 Å². The number of hydrogen-bond donors (Lipinski definition) is 2. The number of pyridine rings is 1. The van der Waals surface area contributed by atoms with Gasteiger partial charge in [0.2, 0.25) is 0 Å². The summed E-state index contributed by atoms with van der Waals surface area (Å²) >= 11 is 0. The maximum absolute atomic E-state index is 9.55. The van der Waals surface area contributed by atoms with Gasteiger partial charge in [0, 0.05) is 41.9 Å². The Kier molecular flexibility index (Phi) is 5.62. The minimum absolute atomic E-state index is 0.265. The third kappa shape index (κ3) is 4.07. The van der Waals surface area contributed by atoms with E-state index < -0.39 is 0 Å². The second-order valence-electron chi connectivity index (χ2n) is 8.85. The SMILES string of the molecule is COc1cc2c(cc1OCCc1cccnc1)Cc1c(-c3ccc(-c4ccc(O)cc4)cc3)n[nH]c1-2. The molecule has 6 heteroatoms.